The zero-order valence-corrected chi connectivity index (χ0v) is 11.8. The van der Waals surface area contributed by atoms with E-state index >= 15 is 0 Å². The van der Waals surface area contributed by atoms with Crippen molar-refractivity contribution in [3.05, 3.63) is 65.2 Å². The summed E-state index contributed by atoms with van der Waals surface area (Å²) in [6.07, 6.45) is 3.23. The van der Waals surface area contributed by atoms with E-state index < -0.39 is 0 Å². The van der Waals surface area contributed by atoms with Crippen LogP contribution >= 0.6 is 0 Å². The van der Waals surface area contributed by atoms with Crippen LogP contribution in [0.25, 0.3) is 11.3 Å². The molecular weight excluding hydrogens is 280 g/mol. The first-order valence-corrected chi connectivity index (χ1v) is 7.20. The Labute approximate surface area is 126 Å². The zero-order chi connectivity index (χ0) is 14.9. The van der Waals surface area contributed by atoms with Crippen LogP contribution in [0.3, 0.4) is 0 Å². The number of amides is 1. The minimum atomic E-state index is -0.235. The maximum absolute atomic E-state index is 12.3. The number of hydrogen-bond acceptors (Lipinski definition) is 4. The van der Waals surface area contributed by atoms with Crippen LogP contribution in [0.15, 0.2) is 51.6 Å². The van der Waals surface area contributed by atoms with Crippen LogP contribution in [0, 0.1) is 0 Å². The third-order valence-corrected chi connectivity index (χ3v) is 3.91. The van der Waals surface area contributed by atoms with E-state index in [2.05, 4.69) is 16.5 Å². The molecule has 5 heteroatoms. The van der Waals surface area contributed by atoms with E-state index in [-0.39, 0.29) is 5.91 Å². The highest BCUT2D eigenvalue weighted by Crippen LogP contribution is 2.34. The summed E-state index contributed by atoms with van der Waals surface area (Å²) in [6, 6.07) is 11.7. The lowest BCUT2D eigenvalue weighted by Crippen LogP contribution is -2.24. The average molecular weight is 294 g/mol. The third-order valence-electron chi connectivity index (χ3n) is 3.91. The standard InChI is InChI=1S/C17H14N2O3/c20-17(18-10-12-5-3-9-21-12)15-14-8-7-11-4-1-2-6-13(11)16(14)22-19-15/h1-6,9H,7-8,10H2,(H,18,20). The number of carbonyl (C=O) groups excluding carboxylic acids is 1. The number of rotatable bonds is 3. The molecule has 0 aliphatic heterocycles. The fourth-order valence-corrected chi connectivity index (χ4v) is 2.81. The van der Waals surface area contributed by atoms with E-state index in [0.29, 0.717) is 23.8 Å². The summed E-state index contributed by atoms with van der Waals surface area (Å²) in [4.78, 5) is 12.3. The van der Waals surface area contributed by atoms with Gasteiger partial charge in [0, 0.05) is 11.1 Å². The van der Waals surface area contributed by atoms with Gasteiger partial charge in [0.15, 0.2) is 11.5 Å². The Morgan fingerprint density at radius 2 is 2.09 bits per heavy atom. The molecule has 1 aliphatic carbocycles. The van der Waals surface area contributed by atoms with Crippen LogP contribution in [0.4, 0.5) is 0 Å². The summed E-state index contributed by atoms with van der Waals surface area (Å²) in [7, 11) is 0. The maximum Gasteiger partial charge on any atom is 0.274 e. The van der Waals surface area contributed by atoms with Gasteiger partial charge in [-0.05, 0) is 30.5 Å². The summed E-state index contributed by atoms with van der Waals surface area (Å²) in [6.45, 7) is 0.337. The highest BCUT2D eigenvalue weighted by molar-refractivity contribution is 5.95. The molecule has 0 bridgehead atoms. The molecule has 0 atom stereocenters. The molecule has 0 radical (unpaired) electrons. The summed E-state index contributed by atoms with van der Waals surface area (Å²) in [5.41, 5.74) is 3.52. The monoisotopic (exact) mass is 294 g/mol. The fourth-order valence-electron chi connectivity index (χ4n) is 2.81. The van der Waals surface area contributed by atoms with Crippen molar-refractivity contribution in [2.24, 2.45) is 0 Å². The van der Waals surface area contributed by atoms with E-state index in [1.165, 1.54) is 5.56 Å². The van der Waals surface area contributed by atoms with Crippen molar-refractivity contribution in [1.29, 1.82) is 0 Å². The van der Waals surface area contributed by atoms with Crippen LogP contribution in [-0.4, -0.2) is 11.1 Å². The molecule has 1 aromatic carbocycles. The molecule has 1 N–H and O–H groups in total. The molecule has 1 aliphatic rings. The number of hydrogen-bond donors (Lipinski definition) is 1. The summed E-state index contributed by atoms with van der Waals surface area (Å²) in [5.74, 6) is 1.18. The van der Waals surface area contributed by atoms with Crippen LogP contribution in [-0.2, 0) is 19.4 Å². The van der Waals surface area contributed by atoms with Crippen molar-refractivity contribution in [2.45, 2.75) is 19.4 Å². The number of carbonyl (C=O) groups is 1. The van der Waals surface area contributed by atoms with Gasteiger partial charge in [0.05, 0.1) is 12.8 Å². The predicted molar refractivity (Wildman–Crippen MR) is 79.2 cm³/mol. The molecular formula is C17H14N2O3. The molecule has 0 saturated heterocycles. The summed E-state index contributed by atoms with van der Waals surface area (Å²) >= 11 is 0. The number of aromatic nitrogens is 1. The Morgan fingerprint density at radius 3 is 2.95 bits per heavy atom. The Morgan fingerprint density at radius 1 is 1.18 bits per heavy atom. The first kappa shape index (κ1) is 12.9. The zero-order valence-electron chi connectivity index (χ0n) is 11.8. The molecule has 5 nitrogen and oxygen atoms in total. The van der Waals surface area contributed by atoms with E-state index in [9.17, 15) is 4.79 Å². The molecule has 3 aromatic rings. The lowest BCUT2D eigenvalue weighted by Gasteiger charge is -2.14. The maximum atomic E-state index is 12.3. The predicted octanol–water partition coefficient (Wildman–Crippen LogP) is 2.96. The minimum Gasteiger partial charge on any atom is -0.467 e. The molecule has 1 amide bonds. The van der Waals surface area contributed by atoms with Crippen molar-refractivity contribution in [3.8, 4) is 11.3 Å². The van der Waals surface area contributed by atoms with E-state index in [1.54, 1.807) is 12.3 Å². The van der Waals surface area contributed by atoms with E-state index in [0.717, 1.165) is 24.0 Å². The minimum absolute atomic E-state index is 0.235. The van der Waals surface area contributed by atoms with Crippen molar-refractivity contribution in [3.63, 3.8) is 0 Å². The fraction of sp³-hybridized carbons (Fsp3) is 0.176. The number of fused-ring (bicyclic) bond motifs is 3. The van der Waals surface area contributed by atoms with Crippen molar-refractivity contribution < 1.29 is 13.7 Å². The van der Waals surface area contributed by atoms with E-state index in [1.807, 2.05) is 24.3 Å². The van der Waals surface area contributed by atoms with Gasteiger partial charge in [-0.2, -0.15) is 0 Å². The van der Waals surface area contributed by atoms with Crippen LogP contribution in [0.2, 0.25) is 0 Å². The van der Waals surface area contributed by atoms with Crippen LogP contribution < -0.4 is 5.32 Å². The molecule has 0 saturated carbocycles. The van der Waals surface area contributed by atoms with Crippen LogP contribution in [0.1, 0.15) is 27.4 Å². The van der Waals surface area contributed by atoms with Gasteiger partial charge in [-0.1, -0.05) is 29.4 Å². The molecule has 4 rings (SSSR count). The number of benzene rings is 1. The Kier molecular flexibility index (Phi) is 3.04. The second-order valence-corrected chi connectivity index (χ2v) is 5.26. The largest absolute Gasteiger partial charge is 0.467 e. The highest BCUT2D eigenvalue weighted by atomic mass is 16.5. The van der Waals surface area contributed by atoms with E-state index in [4.69, 9.17) is 8.94 Å². The Hall–Kier alpha value is -2.82. The Balaban J connectivity index is 1.60. The van der Waals surface area contributed by atoms with Gasteiger partial charge >= 0.3 is 0 Å². The molecule has 22 heavy (non-hydrogen) atoms. The first-order chi connectivity index (χ1) is 10.8. The van der Waals surface area contributed by atoms with Gasteiger partial charge in [-0.25, -0.2) is 0 Å². The summed E-state index contributed by atoms with van der Waals surface area (Å²) < 4.78 is 10.6. The van der Waals surface area contributed by atoms with Crippen LogP contribution in [0.5, 0.6) is 0 Å². The Bertz CT molecular complexity index is 818. The third kappa shape index (κ3) is 2.11. The van der Waals surface area contributed by atoms with Crippen molar-refractivity contribution in [1.82, 2.24) is 10.5 Å². The lowest BCUT2D eigenvalue weighted by atomic mass is 9.89. The SMILES string of the molecule is O=C(NCc1ccco1)c1noc2c1CCc1ccccc1-2. The molecule has 2 heterocycles. The summed E-state index contributed by atoms with van der Waals surface area (Å²) in [5, 5.41) is 6.79. The number of nitrogens with zero attached hydrogens (tertiary/aromatic N) is 1. The van der Waals surface area contributed by atoms with Gasteiger partial charge < -0.3 is 14.3 Å². The van der Waals surface area contributed by atoms with Crippen molar-refractivity contribution in [2.75, 3.05) is 0 Å². The lowest BCUT2D eigenvalue weighted by molar-refractivity contribution is 0.0938. The van der Waals surface area contributed by atoms with Gasteiger partial charge in [0.25, 0.3) is 5.91 Å². The number of furan rings is 1. The molecule has 0 unspecified atom stereocenters. The van der Waals surface area contributed by atoms with Gasteiger partial charge in [0.1, 0.15) is 5.76 Å². The second-order valence-electron chi connectivity index (χ2n) is 5.26. The smallest absolute Gasteiger partial charge is 0.274 e. The molecule has 110 valence electrons. The average Bonchev–Trinajstić information content (AvgIpc) is 3.22. The highest BCUT2D eigenvalue weighted by Gasteiger charge is 2.27. The van der Waals surface area contributed by atoms with Gasteiger partial charge in [0.2, 0.25) is 0 Å². The first-order valence-electron chi connectivity index (χ1n) is 7.20. The topological polar surface area (TPSA) is 68.3 Å². The van der Waals surface area contributed by atoms with Crippen molar-refractivity contribution >= 4 is 5.91 Å². The quantitative estimate of drug-likeness (QED) is 0.806. The number of aryl methyl sites for hydroxylation is 1. The molecule has 0 spiro atoms. The normalized spacial score (nSPS) is 12.5. The van der Waals surface area contributed by atoms with Gasteiger partial charge in [-0.3, -0.25) is 4.79 Å². The molecule has 0 fully saturated rings. The second kappa shape index (κ2) is 5.18. The molecule has 2 aromatic heterocycles. The number of nitrogens with one attached hydrogen (secondary N) is 1. The van der Waals surface area contributed by atoms with Gasteiger partial charge in [-0.15, -0.1) is 0 Å².